The number of alkyl halides is 1. The molecule has 1 aromatic rings. The zero-order chi connectivity index (χ0) is 9.52. The lowest BCUT2D eigenvalue weighted by Crippen LogP contribution is -2.19. The molecule has 2 heteroatoms. The Labute approximate surface area is 79.0 Å². The molecule has 0 fully saturated rings. The number of hydrogen-bond acceptors (Lipinski definition) is 1. The van der Waals surface area contributed by atoms with Crippen LogP contribution in [0.5, 0.6) is 0 Å². The molecule has 0 aliphatic rings. The van der Waals surface area contributed by atoms with Crippen molar-refractivity contribution in [2.24, 2.45) is 0 Å². The lowest BCUT2D eigenvalue weighted by Gasteiger charge is -2.03. The van der Waals surface area contributed by atoms with Gasteiger partial charge in [-0.25, -0.2) is 4.39 Å². The molecule has 1 nitrogen and oxygen atoms in total. The average Bonchev–Trinajstić information content (AvgIpc) is 2.13. The molecule has 1 aromatic carbocycles. The van der Waals surface area contributed by atoms with Gasteiger partial charge in [0.2, 0.25) is 0 Å². The monoisotopic (exact) mass is 181 g/mol. The van der Waals surface area contributed by atoms with Crippen molar-refractivity contribution in [2.75, 3.05) is 19.8 Å². The van der Waals surface area contributed by atoms with Crippen molar-refractivity contribution in [3.8, 4) is 0 Å². The summed E-state index contributed by atoms with van der Waals surface area (Å²) in [6.45, 7) is 3.12. The molecule has 0 bridgehead atoms. The predicted octanol–water partition coefficient (Wildman–Crippen LogP) is 2.10. The summed E-state index contributed by atoms with van der Waals surface area (Å²) in [4.78, 5) is 0. The van der Waals surface area contributed by atoms with Crippen LogP contribution in [0, 0.1) is 6.92 Å². The van der Waals surface area contributed by atoms with Gasteiger partial charge >= 0.3 is 0 Å². The first-order valence-corrected chi connectivity index (χ1v) is 4.65. The summed E-state index contributed by atoms with van der Waals surface area (Å²) in [6.07, 6.45) is 0.974. The smallest absolute Gasteiger partial charge is 0.102 e. The van der Waals surface area contributed by atoms with E-state index >= 15 is 0 Å². The van der Waals surface area contributed by atoms with Gasteiger partial charge in [0.15, 0.2) is 0 Å². The summed E-state index contributed by atoms with van der Waals surface area (Å²) >= 11 is 0. The van der Waals surface area contributed by atoms with Gasteiger partial charge < -0.3 is 5.32 Å². The summed E-state index contributed by atoms with van der Waals surface area (Å²) < 4.78 is 11.7. The van der Waals surface area contributed by atoms with Crippen molar-refractivity contribution >= 4 is 0 Å². The van der Waals surface area contributed by atoms with Gasteiger partial charge in [-0.1, -0.05) is 29.8 Å². The minimum atomic E-state index is -0.284. The molecule has 0 atom stereocenters. The van der Waals surface area contributed by atoms with E-state index in [1.165, 1.54) is 11.1 Å². The normalized spacial score (nSPS) is 10.3. The maximum absolute atomic E-state index is 11.7. The first kappa shape index (κ1) is 10.2. The van der Waals surface area contributed by atoms with E-state index in [1.807, 2.05) is 0 Å². The van der Waals surface area contributed by atoms with Gasteiger partial charge in [0.05, 0.1) is 0 Å². The van der Waals surface area contributed by atoms with Crippen LogP contribution in [0.25, 0.3) is 0 Å². The number of nitrogens with one attached hydrogen (secondary N) is 1. The standard InChI is InChI=1S/C11H16FN/c1-10-3-2-4-11(9-10)5-7-13-8-6-12/h2-4,9,13H,5-8H2,1H3. The topological polar surface area (TPSA) is 12.0 Å². The molecule has 13 heavy (non-hydrogen) atoms. The minimum absolute atomic E-state index is 0.284. The Hall–Kier alpha value is -0.890. The van der Waals surface area contributed by atoms with Crippen LogP contribution in [0.3, 0.4) is 0 Å². The molecule has 72 valence electrons. The molecule has 0 saturated heterocycles. The molecule has 1 rings (SSSR count). The lowest BCUT2D eigenvalue weighted by molar-refractivity contribution is 0.468. The van der Waals surface area contributed by atoms with Crippen LogP contribution < -0.4 is 5.32 Å². The van der Waals surface area contributed by atoms with Gasteiger partial charge in [-0.2, -0.15) is 0 Å². The van der Waals surface area contributed by atoms with Gasteiger partial charge in [-0.05, 0) is 25.5 Å². The largest absolute Gasteiger partial charge is 0.314 e. The summed E-state index contributed by atoms with van der Waals surface area (Å²) in [5.74, 6) is 0. The van der Waals surface area contributed by atoms with Crippen molar-refractivity contribution in [1.29, 1.82) is 0 Å². The van der Waals surface area contributed by atoms with E-state index in [2.05, 4.69) is 36.5 Å². The van der Waals surface area contributed by atoms with Crippen molar-refractivity contribution in [3.63, 3.8) is 0 Å². The van der Waals surface area contributed by atoms with E-state index in [-0.39, 0.29) is 6.67 Å². The Morgan fingerprint density at radius 1 is 1.31 bits per heavy atom. The van der Waals surface area contributed by atoms with Gasteiger partial charge in [-0.3, -0.25) is 0 Å². The zero-order valence-electron chi connectivity index (χ0n) is 8.02. The van der Waals surface area contributed by atoms with Crippen LogP contribution >= 0.6 is 0 Å². The van der Waals surface area contributed by atoms with Gasteiger partial charge in [-0.15, -0.1) is 0 Å². The maximum Gasteiger partial charge on any atom is 0.102 e. The molecule has 0 spiro atoms. The molecule has 0 unspecified atom stereocenters. The quantitative estimate of drug-likeness (QED) is 0.686. The number of halogens is 1. The van der Waals surface area contributed by atoms with Gasteiger partial charge in [0.25, 0.3) is 0 Å². The van der Waals surface area contributed by atoms with E-state index in [0.717, 1.165) is 13.0 Å². The first-order valence-electron chi connectivity index (χ1n) is 4.65. The fourth-order valence-corrected chi connectivity index (χ4v) is 1.29. The highest BCUT2D eigenvalue weighted by atomic mass is 19.1. The third-order valence-electron chi connectivity index (χ3n) is 1.94. The first-order chi connectivity index (χ1) is 6.33. The Morgan fingerprint density at radius 2 is 2.15 bits per heavy atom. The molecule has 0 aliphatic carbocycles. The Morgan fingerprint density at radius 3 is 2.85 bits per heavy atom. The van der Waals surface area contributed by atoms with Crippen LogP contribution in [0.15, 0.2) is 24.3 Å². The van der Waals surface area contributed by atoms with Crippen LogP contribution in [-0.4, -0.2) is 19.8 Å². The number of aryl methyl sites for hydroxylation is 1. The number of hydrogen-bond donors (Lipinski definition) is 1. The van der Waals surface area contributed by atoms with Crippen LogP contribution in [-0.2, 0) is 6.42 Å². The zero-order valence-corrected chi connectivity index (χ0v) is 8.02. The Bertz CT molecular complexity index is 248. The highest BCUT2D eigenvalue weighted by Gasteiger charge is 1.92. The molecule has 0 saturated carbocycles. The summed E-state index contributed by atoms with van der Waals surface area (Å²) in [6, 6.07) is 8.40. The van der Waals surface area contributed by atoms with Crippen LogP contribution in [0.1, 0.15) is 11.1 Å². The molecule has 0 heterocycles. The third-order valence-corrected chi connectivity index (χ3v) is 1.94. The molecule has 0 aliphatic heterocycles. The molecule has 0 radical (unpaired) electrons. The van der Waals surface area contributed by atoms with Crippen molar-refractivity contribution < 1.29 is 4.39 Å². The fourth-order valence-electron chi connectivity index (χ4n) is 1.29. The summed E-state index contributed by atoms with van der Waals surface area (Å²) in [7, 11) is 0. The van der Waals surface area contributed by atoms with Crippen molar-refractivity contribution in [2.45, 2.75) is 13.3 Å². The Kier molecular flexibility index (Phi) is 4.47. The van der Waals surface area contributed by atoms with E-state index in [0.29, 0.717) is 6.54 Å². The van der Waals surface area contributed by atoms with Crippen LogP contribution in [0.2, 0.25) is 0 Å². The van der Waals surface area contributed by atoms with Crippen LogP contribution in [0.4, 0.5) is 4.39 Å². The minimum Gasteiger partial charge on any atom is -0.314 e. The Balaban J connectivity index is 2.28. The third kappa shape index (κ3) is 4.04. The van der Waals surface area contributed by atoms with Crippen molar-refractivity contribution in [1.82, 2.24) is 5.32 Å². The second-order valence-electron chi connectivity index (χ2n) is 3.18. The molecule has 0 amide bonds. The van der Waals surface area contributed by atoms with Gasteiger partial charge in [0.1, 0.15) is 6.67 Å². The second kappa shape index (κ2) is 5.70. The van der Waals surface area contributed by atoms with E-state index in [9.17, 15) is 4.39 Å². The van der Waals surface area contributed by atoms with Crippen molar-refractivity contribution in [3.05, 3.63) is 35.4 Å². The maximum atomic E-state index is 11.7. The molecular formula is C11H16FN. The van der Waals surface area contributed by atoms with E-state index < -0.39 is 0 Å². The molecule has 0 aromatic heterocycles. The molecule has 1 N–H and O–H groups in total. The lowest BCUT2D eigenvalue weighted by atomic mass is 10.1. The fraction of sp³-hybridized carbons (Fsp3) is 0.455. The highest BCUT2D eigenvalue weighted by molar-refractivity contribution is 5.22. The number of benzene rings is 1. The highest BCUT2D eigenvalue weighted by Crippen LogP contribution is 2.03. The average molecular weight is 181 g/mol. The summed E-state index contributed by atoms with van der Waals surface area (Å²) in [5.41, 5.74) is 2.59. The second-order valence-corrected chi connectivity index (χ2v) is 3.18. The SMILES string of the molecule is Cc1cccc(CCNCCF)c1. The number of rotatable bonds is 5. The van der Waals surface area contributed by atoms with E-state index in [4.69, 9.17) is 0 Å². The van der Waals surface area contributed by atoms with E-state index in [1.54, 1.807) is 0 Å². The summed E-state index contributed by atoms with van der Waals surface area (Å²) in [5, 5.41) is 3.03. The van der Waals surface area contributed by atoms with Gasteiger partial charge in [0, 0.05) is 6.54 Å². The molecular weight excluding hydrogens is 165 g/mol. The predicted molar refractivity (Wildman–Crippen MR) is 53.7 cm³/mol.